The van der Waals surface area contributed by atoms with Crippen molar-refractivity contribution in [2.75, 3.05) is 19.6 Å². The van der Waals surface area contributed by atoms with Crippen LogP contribution >= 0.6 is 0 Å². The molecule has 106 valence electrons. The zero-order chi connectivity index (χ0) is 13.8. The van der Waals surface area contributed by atoms with Gasteiger partial charge in [-0.25, -0.2) is 0 Å². The second-order valence-electron chi connectivity index (χ2n) is 6.87. The highest BCUT2D eigenvalue weighted by Gasteiger charge is 2.27. The van der Waals surface area contributed by atoms with Gasteiger partial charge in [-0.05, 0) is 43.1 Å². The molecule has 0 radical (unpaired) electrons. The molecule has 0 aliphatic carbocycles. The molecule has 1 rings (SSSR count). The van der Waals surface area contributed by atoms with Gasteiger partial charge >= 0.3 is 0 Å². The minimum Gasteiger partial charge on any atom is -0.343 e. The predicted molar refractivity (Wildman–Crippen MR) is 76.2 cm³/mol. The van der Waals surface area contributed by atoms with Crippen LogP contribution in [-0.2, 0) is 4.79 Å². The molecule has 0 saturated carbocycles. The quantitative estimate of drug-likeness (QED) is 0.838. The molecule has 1 saturated heterocycles. The molecule has 1 aliphatic rings. The van der Waals surface area contributed by atoms with E-state index in [1.807, 2.05) is 0 Å². The lowest BCUT2D eigenvalue weighted by atomic mass is 9.80. The van der Waals surface area contributed by atoms with Crippen LogP contribution < -0.4 is 5.73 Å². The number of hydrogen-bond acceptors (Lipinski definition) is 2. The number of hydrogen-bond donors (Lipinski definition) is 1. The maximum atomic E-state index is 12.2. The van der Waals surface area contributed by atoms with Crippen molar-refractivity contribution in [1.82, 2.24) is 4.90 Å². The van der Waals surface area contributed by atoms with Crippen LogP contribution in [0.2, 0.25) is 0 Å². The summed E-state index contributed by atoms with van der Waals surface area (Å²) in [6.45, 7) is 11.4. The Morgan fingerprint density at radius 3 is 2.33 bits per heavy atom. The first-order valence-electron chi connectivity index (χ1n) is 7.32. The number of likely N-dealkylation sites (tertiary alicyclic amines) is 1. The molecule has 1 atom stereocenters. The van der Waals surface area contributed by atoms with Crippen molar-refractivity contribution in [3.05, 3.63) is 0 Å². The van der Waals surface area contributed by atoms with Crippen LogP contribution in [0.25, 0.3) is 0 Å². The van der Waals surface area contributed by atoms with E-state index in [4.69, 9.17) is 5.73 Å². The molecule has 3 heteroatoms. The summed E-state index contributed by atoms with van der Waals surface area (Å²) in [5.41, 5.74) is 5.80. The standard InChI is InChI=1S/C15H30N2O/c1-12(15(2,3)4)11-14(18)17-9-6-13(5-8-16)7-10-17/h12-13H,5-11,16H2,1-4H3. The van der Waals surface area contributed by atoms with Crippen LogP contribution in [0.15, 0.2) is 0 Å². The average molecular weight is 254 g/mol. The van der Waals surface area contributed by atoms with E-state index in [1.165, 1.54) is 0 Å². The van der Waals surface area contributed by atoms with Gasteiger partial charge in [-0.1, -0.05) is 27.7 Å². The fourth-order valence-corrected chi connectivity index (χ4v) is 2.40. The zero-order valence-electron chi connectivity index (χ0n) is 12.5. The Morgan fingerprint density at radius 2 is 1.89 bits per heavy atom. The third-order valence-corrected chi connectivity index (χ3v) is 4.50. The van der Waals surface area contributed by atoms with Crippen molar-refractivity contribution in [2.24, 2.45) is 23.0 Å². The number of nitrogens with zero attached hydrogens (tertiary/aromatic N) is 1. The van der Waals surface area contributed by atoms with Crippen molar-refractivity contribution < 1.29 is 4.79 Å². The fraction of sp³-hybridized carbons (Fsp3) is 0.933. The molecule has 0 aromatic rings. The Balaban J connectivity index is 2.36. The Morgan fingerprint density at radius 1 is 1.33 bits per heavy atom. The second kappa shape index (κ2) is 6.55. The smallest absolute Gasteiger partial charge is 0.222 e. The largest absolute Gasteiger partial charge is 0.343 e. The number of carbonyl (C=O) groups excluding carboxylic acids is 1. The molecular formula is C15H30N2O. The van der Waals surface area contributed by atoms with Crippen LogP contribution in [0, 0.1) is 17.3 Å². The van der Waals surface area contributed by atoms with Crippen molar-refractivity contribution in [2.45, 2.75) is 53.4 Å². The van der Waals surface area contributed by atoms with Gasteiger partial charge in [0, 0.05) is 19.5 Å². The molecule has 0 aromatic heterocycles. The van der Waals surface area contributed by atoms with E-state index in [0.717, 1.165) is 44.8 Å². The van der Waals surface area contributed by atoms with E-state index in [1.54, 1.807) is 0 Å². The van der Waals surface area contributed by atoms with Crippen molar-refractivity contribution in [3.8, 4) is 0 Å². The SMILES string of the molecule is CC(CC(=O)N1CCC(CCN)CC1)C(C)(C)C. The monoisotopic (exact) mass is 254 g/mol. The summed E-state index contributed by atoms with van der Waals surface area (Å²) >= 11 is 0. The Bertz CT molecular complexity index is 262. The van der Waals surface area contributed by atoms with Crippen molar-refractivity contribution >= 4 is 5.91 Å². The molecule has 1 amide bonds. The lowest BCUT2D eigenvalue weighted by Crippen LogP contribution is -2.40. The molecule has 0 spiro atoms. The van der Waals surface area contributed by atoms with Crippen LogP contribution in [-0.4, -0.2) is 30.4 Å². The number of piperidine rings is 1. The van der Waals surface area contributed by atoms with Gasteiger partial charge in [0.25, 0.3) is 0 Å². The van der Waals surface area contributed by atoms with E-state index in [-0.39, 0.29) is 5.41 Å². The van der Waals surface area contributed by atoms with E-state index < -0.39 is 0 Å². The van der Waals surface area contributed by atoms with Crippen LogP contribution in [0.4, 0.5) is 0 Å². The molecular weight excluding hydrogens is 224 g/mol. The summed E-state index contributed by atoms with van der Waals surface area (Å²) in [7, 11) is 0. The van der Waals surface area contributed by atoms with E-state index in [0.29, 0.717) is 18.2 Å². The fourth-order valence-electron chi connectivity index (χ4n) is 2.40. The zero-order valence-corrected chi connectivity index (χ0v) is 12.5. The van der Waals surface area contributed by atoms with E-state index in [2.05, 4.69) is 32.6 Å². The molecule has 1 fully saturated rings. The van der Waals surface area contributed by atoms with Gasteiger partial charge in [0.2, 0.25) is 5.91 Å². The highest BCUT2D eigenvalue weighted by Crippen LogP contribution is 2.29. The summed E-state index contributed by atoms with van der Waals surface area (Å²) in [4.78, 5) is 14.3. The summed E-state index contributed by atoms with van der Waals surface area (Å²) in [6.07, 6.45) is 4.06. The average Bonchev–Trinajstić information content (AvgIpc) is 2.29. The summed E-state index contributed by atoms with van der Waals surface area (Å²) in [5.74, 6) is 1.51. The number of nitrogens with two attached hydrogens (primary N) is 1. The normalized spacial score (nSPS) is 19.9. The Labute approximate surface area is 112 Å². The predicted octanol–water partition coefficient (Wildman–Crippen LogP) is 2.65. The molecule has 1 heterocycles. The first-order chi connectivity index (χ1) is 8.34. The highest BCUT2D eigenvalue weighted by molar-refractivity contribution is 5.76. The first kappa shape index (κ1) is 15.5. The van der Waals surface area contributed by atoms with Crippen molar-refractivity contribution in [3.63, 3.8) is 0 Å². The van der Waals surface area contributed by atoms with Gasteiger partial charge < -0.3 is 10.6 Å². The number of amides is 1. The van der Waals surface area contributed by atoms with E-state index >= 15 is 0 Å². The first-order valence-corrected chi connectivity index (χ1v) is 7.32. The van der Waals surface area contributed by atoms with Gasteiger partial charge in [0.1, 0.15) is 0 Å². The Hall–Kier alpha value is -0.570. The molecule has 3 nitrogen and oxygen atoms in total. The molecule has 18 heavy (non-hydrogen) atoms. The molecule has 2 N–H and O–H groups in total. The summed E-state index contributed by atoms with van der Waals surface area (Å²) in [5, 5.41) is 0. The van der Waals surface area contributed by atoms with Crippen LogP contribution in [0.3, 0.4) is 0 Å². The lowest BCUT2D eigenvalue weighted by Gasteiger charge is -2.34. The maximum Gasteiger partial charge on any atom is 0.222 e. The maximum absolute atomic E-state index is 12.2. The van der Waals surface area contributed by atoms with Gasteiger partial charge in [-0.2, -0.15) is 0 Å². The lowest BCUT2D eigenvalue weighted by molar-refractivity contribution is -0.134. The minimum absolute atomic E-state index is 0.216. The summed E-state index contributed by atoms with van der Waals surface area (Å²) in [6, 6.07) is 0. The minimum atomic E-state index is 0.216. The molecule has 0 bridgehead atoms. The van der Waals surface area contributed by atoms with Crippen LogP contribution in [0.5, 0.6) is 0 Å². The van der Waals surface area contributed by atoms with Gasteiger partial charge in [0.15, 0.2) is 0 Å². The number of rotatable bonds is 4. The van der Waals surface area contributed by atoms with Gasteiger partial charge in [-0.15, -0.1) is 0 Å². The van der Waals surface area contributed by atoms with Crippen molar-refractivity contribution in [1.29, 1.82) is 0 Å². The topological polar surface area (TPSA) is 46.3 Å². The Kier molecular flexibility index (Phi) is 5.64. The summed E-state index contributed by atoms with van der Waals surface area (Å²) < 4.78 is 0. The third kappa shape index (κ3) is 4.60. The number of carbonyl (C=O) groups is 1. The van der Waals surface area contributed by atoms with Crippen LogP contribution in [0.1, 0.15) is 53.4 Å². The molecule has 1 unspecified atom stereocenters. The second-order valence-corrected chi connectivity index (χ2v) is 6.87. The molecule has 0 aromatic carbocycles. The third-order valence-electron chi connectivity index (χ3n) is 4.50. The van der Waals surface area contributed by atoms with Gasteiger partial charge in [0.05, 0.1) is 0 Å². The van der Waals surface area contributed by atoms with Gasteiger partial charge in [-0.3, -0.25) is 4.79 Å². The molecule has 1 aliphatic heterocycles. The van der Waals surface area contributed by atoms with E-state index in [9.17, 15) is 4.79 Å². The highest BCUT2D eigenvalue weighted by atomic mass is 16.2.